The van der Waals surface area contributed by atoms with Crippen molar-refractivity contribution < 1.29 is 0 Å². The van der Waals surface area contributed by atoms with Crippen molar-refractivity contribution >= 4 is 28.3 Å². The highest BCUT2D eigenvalue weighted by Gasteiger charge is 2.01. The predicted molar refractivity (Wildman–Crippen MR) is 57.7 cm³/mol. The molecule has 0 fully saturated rings. The van der Waals surface area contributed by atoms with Crippen molar-refractivity contribution in [2.75, 3.05) is 17.7 Å². The molecule has 0 bridgehead atoms. The summed E-state index contributed by atoms with van der Waals surface area (Å²) in [6.07, 6.45) is 3.02. The second-order valence-corrected chi connectivity index (χ2v) is 3.86. The molecule has 0 radical (unpaired) electrons. The molecule has 0 saturated heterocycles. The van der Waals surface area contributed by atoms with Crippen LogP contribution in [-0.4, -0.2) is 21.8 Å². The zero-order valence-corrected chi connectivity index (χ0v) is 9.29. The van der Waals surface area contributed by atoms with Gasteiger partial charge < -0.3 is 5.32 Å². The van der Waals surface area contributed by atoms with Gasteiger partial charge in [-0.2, -0.15) is 4.37 Å². The summed E-state index contributed by atoms with van der Waals surface area (Å²) < 4.78 is 4.22. The van der Waals surface area contributed by atoms with E-state index < -0.39 is 0 Å². The van der Waals surface area contributed by atoms with E-state index in [0.29, 0.717) is 5.88 Å². The topological polar surface area (TPSA) is 37.8 Å². The molecule has 0 aliphatic carbocycles. The summed E-state index contributed by atoms with van der Waals surface area (Å²) in [5, 5.41) is 4.10. The lowest BCUT2D eigenvalue weighted by Crippen LogP contribution is -2.01. The van der Waals surface area contributed by atoms with Crippen LogP contribution in [0.15, 0.2) is 0 Å². The van der Waals surface area contributed by atoms with Gasteiger partial charge in [-0.05, 0) is 12.8 Å². The number of alkyl halides is 1. The second kappa shape index (κ2) is 6.16. The van der Waals surface area contributed by atoms with Crippen LogP contribution in [0, 0.1) is 0 Å². The van der Waals surface area contributed by atoms with E-state index in [-0.39, 0.29) is 0 Å². The zero-order chi connectivity index (χ0) is 9.52. The van der Waals surface area contributed by atoms with Gasteiger partial charge in [0.2, 0.25) is 5.13 Å². The number of anilines is 1. The van der Waals surface area contributed by atoms with Gasteiger partial charge in [-0.3, -0.25) is 0 Å². The molecular weight excluding hydrogens is 206 g/mol. The van der Waals surface area contributed by atoms with Crippen LogP contribution in [0.5, 0.6) is 0 Å². The molecule has 13 heavy (non-hydrogen) atoms. The molecule has 0 spiro atoms. The van der Waals surface area contributed by atoms with Crippen molar-refractivity contribution in [2.24, 2.45) is 0 Å². The first-order valence-corrected chi connectivity index (χ1v) is 5.80. The normalized spacial score (nSPS) is 10.3. The predicted octanol–water partition coefficient (Wildman–Crippen LogP) is 2.53. The highest BCUT2D eigenvalue weighted by Crippen LogP contribution is 2.11. The van der Waals surface area contributed by atoms with E-state index in [9.17, 15) is 0 Å². The molecular formula is C8H14ClN3S. The smallest absolute Gasteiger partial charge is 0.202 e. The molecule has 1 rings (SSSR count). The van der Waals surface area contributed by atoms with E-state index in [2.05, 4.69) is 21.6 Å². The summed E-state index contributed by atoms with van der Waals surface area (Å²) in [4.78, 5) is 4.33. The Hall–Kier alpha value is -0.350. The minimum atomic E-state index is 0.688. The quantitative estimate of drug-likeness (QED) is 0.590. The lowest BCUT2D eigenvalue weighted by molar-refractivity contribution is 0.860. The Kier molecular flexibility index (Phi) is 5.08. The summed E-state index contributed by atoms with van der Waals surface area (Å²) in [6.45, 7) is 3.01. The van der Waals surface area contributed by atoms with Crippen molar-refractivity contribution in [3.05, 3.63) is 5.82 Å². The lowest BCUT2D eigenvalue weighted by atomic mass is 10.3. The minimum Gasteiger partial charge on any atom is -0.360 e. The fourth-order valence-corrected chi connectivity index (χ4v) is 1.68. The fraction of sp³-hybridized carbons (Fsp3) is 0.750. The Morgan fingerprint density at radius 2 is 2.38 bits per heavy atom. The summed E-state index contributed by atoms with van der Waals surface area (Å²) in [5.41, 5.74) is 0. The Bertz CT molecular complexity index is 239. The SMILES string of the molecule is CCCc1nsc(NCCCCl)n1. The molecule has 1 aromatic heterocycles. The van der Waals surface area contributed by atoms with Crippen LogP contribution >= 0.6 is 23.1 Å². The number of halogens is 1. The molecule has 0 unspecified atom stereocenters. The highest BCUT2D eigenvalue weighted by molar-refractivity contribution is 7.09. The fourth-order valence-electron chi connectivity index (χ4n) is 0.913. The molecule has 0 aromatic carbocycles. The summed E-state index contributed by atoms with van der Waals surface area (Å²) in [5.74, 6) is 1.63. The maximum Gasteiger partial charge on any atom is 0.202 e. The molecule has 1 aromatic rings. The van der Waals surface area contributed by atoms with E-state index in [1.165, 1.54) is 11.5 Å². The summed E-state index contributed by atoms with van der Waals surface area (Å²) >= 11 is 6.97. The van der Waals surface area contributed by atoms with Gasteiger partial charge in [0.25, 0.3) is 0 Å². The Morgan fingerprint density at radius 3 is 3.08 bits per heavy atom. The molecule has 5 heteroatoms. The number of hydrogen-bond acceptors (Lipinski definition) is 4. The molecule has 74 valence electrons. The molecule has 0 atom stereocenters. The maximum atomic E-state index is 5.55. The standard InChI is InChI=1S/C8H14ClN3S/c1-2-4-7-11-8(13-12-7)10-6-3-5-9/h2-6H2,1H3,(H,10,11,12). The van der Waals surface area contributed by atoms with Crippen molar-refractivity contribution in [1.29, 1.82) is 0 Å². The summed E-state index contributed by atoms with van der Waals surface area (Å²) in [7, 11) is 0. The number of rotatable bonds is 6. The van der Waals surface area contributed by atoms with Crippen LogP contribution in [-0.2, 0) is 6.42 Å². The number of aryl methyl sites for hydroxylation is 1. The van der Waals surface area contributed by atoms with Gasteiger partial charge in [0.05, 0.1) is 0 Å². The second-order valence-electron chi connectivity index (χ2n) is 2.74. The monoisotopic (exact) mass is 219 g/mol. The van der Waals surface area contributed by atoms with Crippen LogP contribution in [0.25, 0.3) is 0 Å². The third kappa shape index (κ3) is 3.91. The Labute approximate surface area is 87.7 Å². The number of nitrogens with one attached hydrogen (secondary N) is 1. The van der Waals surface area contributed by atoms with Crippen molar-refractivity contribution in [1.82, 2.24) is 9.36 Å². The van der Waals surface area contributed by atoms with Crippen LogP contribution in [0.4, 0.5) is 5.13 Å². The number of hydrogen-bond donors (Lipinski definition) is 1. The van der Waals surface area contributed by atoms with Crippen molar-refractivity contribution in [2.45, 2.75) is 26.2 Å². The maximum absolute atomic E-state index is 5.55. The van der Waals surface area contributed by atoms with E-state index in [0.717, 1.165) is 36.8 Å². The van der Waals surface area contributed by atoms with Gasteiger partial charge >= 0.3 is 0 Å². The minimum absolute atomic E-state index is 0.688. The molecule has 0 saturated carbocycles. The van der Waals surface area contributed by atoms with Crippen LogP contribution in [0.3, 0.4) is 0 Å². The Morgan fingerprint density at radius 1 is 1.54 bits per heavy atom. The molecule has 1 heterocycles. The average molecular weight is 220 g/mol. The van der Waals surface area contributed by atoms with Gasteiger partial charge in [-0.1, -0.05) is 6.92 Å². The third-order valence-electron chi connectivity index (χ3n) is 1.53. The van der Waals surface area contributed by atoms with Gasteiger partial charge in [-0.25, -0.2) is 4.98 Å². The summed E-state index contributed by atoms with van der Waals surface area (Å²) in [6, 6.07) is 0. The molecule has 0 aliphatic rings. The molecule has 1 N–H and O–H groups in total. The van der Waals surface area contributed by atoms with Gasteiger partial charge in [0.1, 0.15) is 5.82 Å². The van der Waals surface area contributed by atoms with E-state index in [4.69, 9.17) is 11.6 Å². The van der Waals surface area contributed by atoms with E-state index >= 15 is 0 Å². The largest absolute Gasteiger partial charge is 0.360 e. The van der Waals surface area contributed by atoms with Crippen molar-refractivity contribution in [3.8, 4) is 0 Å². The molecule has 3 nitrogen and oxygen atoms in total. The van der Waals surface area contributed by atoms with Crippen LogP contribution in [0.1, 0.15) is 25.6 Å². The first-order chi connectivity index (χ1) is 6.36. The highest BCUT2D eigenvalue weighted by atomic mass is 35.5. The van der Waals surface area contributed by atoms with E-state index in [1.54, 1.807) is 0 Å². The molecule has 0 aliphatic heterocycles. The van der Waals surface area contributed by atoms with Crippen LogP contribution in [0.2, 0.25) is 0 Å². The lowest BCUT2D eigenvalue weighted by Gasteiger charge is -1.97. The van der Waals surface area contributed by atoms with E-state index in [1.807, 2.05) is 0 Å². The third-order valence-corrected chi connectivity index (χ3v) is 2.51. The first kappa shape index (κ1) is 10.7. The van der Waals surface area contributed by atoms with Gasteiger partial charge in [0, 0.05) is 30.4 Å². The molecule has 0 amide bonds. The first-order valence-electron chi connectivity index (χ1n) is 4.49. The van der Waals surface area contributed by atoms with Gasteiger partial charge in [0.15, 0.2) is 0 Å². The number of nitrogens with zero attached hydrogens (tertiary/aromatic N) is 2. The van der Waals surface area contributed by atoms with Gasteiger partial charge in [-0.15, -0.1) is 11.6 Å². The van der Waals surface area contributed by atoms with Crippen molar-refractivity contribution in [3.63, 3.8) is 0 Å². The van der Waals surface area contributed by atoms with Crippen LogP contribution < -0.4 is 5.32 Å². The number of aromatic nitrogens is 2. The Balaban J connectivity index is 2.31. The zero-order valence-electron chi connectivity index (χ0n) is 7.72. The average Bonchev–Trinajstić information content (AvgIpc) is 2.54.